The van der Waals surface area contributed by atoms with Crippen molar-refractivity contribution in [2.75, 3.05) is 0 Å². The molecule has 0 nitrogen and oxygen atoms in total. The summed E-state index contributed by atoms with van der Waals surface area (Å²) >= 11 is 0. The molecular formula is C9H8F. The molecule has 0 aliphatic rings. The third kappa shape index (κ3) is 1.24. The fourth-order valence-electron chi connectivity index (χ4n) is 0.818. The predicted octanol–water partition coefficient (Wildman–Crippen LogP) is 2.60. The van der Waals surface area contributed by atoms with Gasteiger partial charge in [0.2, 0.25) is 0 Å². The highest BCUT2D eigenvalue weighted by Gasteiger charge is 1.94. The van der Waals surface area contributed by atoms with E-state index in [4.69, 9.17) is 6.58 Å². The molecule has 0 aliphatic carbocycles. The smallest absolute Gasteiger partial charge is 0.115 e. The van der Waals surface area contributed by atoms with E-state index in [9.17, 15) is 4.39 Å². The molecule has 0 saturated carbocycles. The largest absolute Gasteiger partial charge is 0.246 e. The minimum Gasteiger partial charge on any atom is -0.246 e. The summed E-state index contributed by atoms with van der Waals surface area (Å²) < 4.78 is 12.1. The lowest BCUT2D eigenvalue weighted by Crippen LogP contribution is -1.82. The van der Waals surface area contributed by atoms with Crippen LogP contribution in [0.1, 0.15) is 11.1 Å². The average Bonchev–Trinajstić information content (AvgIpc) is 2.04. The van der Waals surface area contributed by atoms with Crippen LogP contribution in [-0.2, 0) is 6.67 Å². The summed E-state index contributed by atoms with van der Waals surface area (Å²) in [5, 5.41) is 0. The molecule has 1 aromatic rings. The van der Waals surface area contributed by atoms with Crippen molar-refractivity contribution in [2.45, 2.75) is 6.67 Å². The number of rotatable bonds is 2. The number of halogens is 1. The molecule has 1 radical (unpaired) electrons. The van der Waals surface area contributed by atoms with Crippen molar-refractivity contribution >= 4 is 6.08 Å². The summed E-state index contributed by atoms with van der Waals surface area (Å²) in [6.07, 6.45) is 1.41. The van der Waals surface area contributed by atoms with Crippen LogP contribution in [0.15, 0.2) is 24.3 Å². The van der Waals surface area contributed by atoms with Gasteiger partial charge in [0.15, 0.2) is 0 Å². The van der Waals surface area contributed by atoms with Gasteiger partial charge in [-0.2, -0.15) is 0 Å². The second kappa shape index (κ2) is 3.16. The molecule has 0 fully saturated rings. The number of alkyl halides is 1. The van der Waals surface area contributed by atoms with Crippen LogP contribution < -0.4 is 0 Å². The molecule has 0 spiro atoms. The zero-order valence-corrected chi connectivity index (χ0v) is 5.55. The fourth-order valence-corrected chi connectivity index (χ4v) is 0.818. The Labute approximate surface area is 60.0 Å². The molecule has 0 saturated heterocycles. The van der Waals surface area contributed by atoms with E-state index in [-0.39, 0.29) is 0 Å². The van der Waals surface area contributed by atoms with E-state index in [1.807, 2.05) is 6.07 Å². The molecule has 0 aromatic heterocycles. The lowest BCUT2D eigenvalue weighted by Gasteiger charge is -1.97. The third-order valence-corrected chi connectivity index (χ3v) is 1.38. The molecule has 0 atom stereocenters. The van der Waals surface area contributed by atoms with Crippen LogP contribution in [0.4, 0.5) is 4.39 Å². The van der Waals surface area contributed by atoms with Gasteiger partial charge < -0.3 is 0 Å². The highest BCUT2D eigenvalue weighted by Crippen LogP contribution is 2.10. The van der Waals surface area contributed by atoms with Crippen LogP contribution >= 0.6 is 0 Å². The first-order chi connectivity index (χ1) is 4.88. The molecule has 1 aromatic carbocycles. The van der Waals surface area contributed by atoms with Gasteiger partial charge in [0.25, 0.3) is 0 Å². The van der Waals surface area contributed by atoms with Gasteiger partial charge in [-0.05, 0) is 11.1 Å². The van der Waals surface area contributed by atoms with Gasteiger partial charge in [0.1, 0.15) is 6.67 Å². The van der Waals surface area contributed by atoms with Crippen LogP contribution in [0, 0.1) is 6.58 Å². The van der Waals surface area contributed by atoms with Gasteiger partial charge in [-0.3, -0.25) is 0 Å². The molecule has 0 N–H and O–H groups in total. The second-order valence-electron chi connectivity index (χ2n) is 2.00. The third-order valence-electron chi connectivity index (χ3n) is 1.38. The minimum absolute atomic E-state index is 0.454. The lowest BCUT2D eigenvalue weighted by atomic mass is 10.1. The van der Waals surface area contributed by atoms with Crippen molar-refractivity contribution in [1.29, 1.82) is 0 Å². The molecule has 0 aliphatic heterocycles. The monoisotopic (exact) mass is 135 g/mol. The fraction of sp³-hybridized carbons (Fsp3) is 0.111. The number of benzene rings is 1. The standard InChI is InChI=1S/C9H8F/c1-2-8-5-3-4-6-9(8)7-10/h1-6H,7H2. The maximum atomic E-state index is 12.1. The molecule has 0 heterocycles. The Bertz CT molecular complexity index is 228. The molecule has 0 unspecified atom stereocenters. The van der Waals surface area contributed by atoms with Gasteiger partial charge >= 0.3 is 0 Å². The molecule has 51 valence electrons. The maximum Gasteiger partial charge on any atom is 0.115 e. The van der Waals surface area contributed by atoms with Crippen molar-refractivity contribution in [2.24, 2.45) is 0 Å². The van der Waals surface area contributed by atoms with Crippen LogP contribution in [0.5, 0.6) is 0 Å². The van der Waals surface area contributed by atoms with Crippen LogP contribution in [0.25, 0.3) is 6.08 Å². The van der Waals surface area contributed by atoms with E-state index in [0.29, 0.717) is 5.56 Å². The normalized spacial score (nSPS) is 9.30. The Balaban J connectivity index is 3.08. The van der Waals surface area contributed by atoms with Gasteiger partial charge in [-0.15, -0.1) is 0 Å². The molecule has 10 heavy (non-hydrogen) atoms. The molecule has 1 rings (SSSR count). The van der Waals surface area contributed by atoms with Crippen molar-refractivity contribution in [1.82, 2.24) is 0 Å². The lowest BCUT2D eigenvalue weighted by molar-refractivity contribution is 0.485. The first-order valence-corrected chi connectivity index (χ1v) is 3.07. The maximum absolute atomic E-state index is 12.1. The summed E-state index contributed by atoms with van der Waals surface area (Å²) in [5.74, 6) is 0. The van der Waals surface area contributed by atoms with Crippen LogP contribution in [0.2, 0.25) is 0 Å². The molecule has 0 amide bonds. The van der Waals surface area contributed by atoms with Crippen LogP contribution in [-0.4, -0.2) is 0 Å². The SMILES string of the molecule is [CH]=Cc1ccccc1CF. The van der Waals surface area contributed by atoms with E-state index in [2.05, 4.69) is 0 Å². The van der Waals surface area contributed by atoms with E-state index >= 15 is 0 Å². The van der Waals surface area contributed by atoms with Crippen molar-refractivity contribution in [3.63, 3.8) is 0 Å². The molecular weight excluding hydrogens is 127 g/mol. The summed E-state index contributed by atoms with van der Waals surface area (Å²) in [4.78, 5) is 0. The molecule has 0 bridgehead atoms. The highest BCUT2D eigenvalue weighted by molar-refractivity contribution is 5.50. The van der Waals surface area contributed by atoms with E-state index < -0.39 is 6.67 Å². The first kappa shape index (κ1) is 7.00. The first-order valence-electron chi connectivity index (χ1n) is 3.07. The summed E-state index contributed by atoms with van der Waals surface area (Å²) in [5.41, 5.74) is 1.41. The summed E-state index contributed by atoms with van der Waals surface area (Å²) in [6.45, 7) is 4.78. The minimum atomic E-state index is -0.454. The van der Waals surface area contributed by atoms with Crippen molar-refractivity contribution in [3.05, 3.63) is 42.0 Å². The highest BCUT2D eigenvalue weighted by atomic mass is 19.1. The predicted molar refractivity (Wildman–Crippen MR) is 40.0 cm³/mol. The summed E-state index contributed by atoms with van der Waals surface area (Å²) in [7, 11) is 0. The average molecular weight is 135 g/mol. The number of hydrogen-bond donors (Lipinski definition) is 0. The zero-order chi connectivity index (χ0) is 7.40. The molecule has 1 heteroatoms. The quantitative estimate of drug-likeness (QED) is 0.584. The second-order valence-corrected chi connectivity index (χ2v) is 2.00. The number of hydrogen-bond acceptors (Lipinski definition) is 0. The Morgan fingerprint density at radius 2 is 2.10 bits per heavy atom. The van der Waals surface area contributed by atoms with Crippen molar-refractivity contribution < 1.29 is 4.39 Å². The topological polar surface area (TPSA) is 0 Å². The van der Waals surface area contributed by atoms with Crippen molar-refractivity contribution in [3.8, 4) is 0 Å². The Hall–Kier alpha value is -1.11. The van der Waals surface area contributed by atoms with Gasteiger partial charge in [0, 0.05) is 0 Å². The van der Waals surface area contributed by atoms with Gasteiger partial charge in [-0.25, -0.2) is 4.39 Å². The Morgan fingerprint density at radius 3 is 2.60 bits per heavy atom. The summed E-state index contributed by atoms with van der Waals surface area (Å²) in [6, 6.07) is 7.13. The zero-order valence-electron chi connectivity index (χ0n) is 5.55. The van der Waals surface area contributed by atoms with Gasteiger partial charge in [0.05, 0.1) is 0 Å². The van der Waals surface area contributed by atoms with E-state index in [0.717, 1.165) is 5.56 Å². The van der Waals surface area contributed by atoms with Crippen LogP contribution in [0.3, 0.4) is 0 Å². The Kier molecular flexibility index (Phi) is 2.21. The van der Waals surface area contributed by atoms with E-state index in [1.165, 1.54) is 6.08 Å². The van der Waals surface area contributed by atoms with E-state index in [1.54, 1.807) is 18.2 Å². The van der Waals surface area contributed by atoms with Gasteiger partial charge in [-0.1, -0.05) is 36.9 Å². The Morgan fingerprint density at radius 1 is 1.40 bits per heavy atom.